The molecule has 1 aliphatic heterocycles. The summed E-state index contributed by atoms with van der Waals surface area (Å²) in [4.78, 5) is 24.7. The van der Waals surface area contributed by atoms with E-state index in [1.165, 1.54) is 31.0 Å². The fraction of sp³-hybridized carbons (Fsp3) is 0.850. The number of nitrogens with one attached hydrogen (secondary N) is 2. The Hall–Kier alpha value is -1.68. The van der Waals surface area contributed by atoms with Gasteiger partial charge in [-0.2, -0.15) is 0 Å². The first-order chi connectivity index (χ1) is 14.6. The summed E-state index contributed by atoms with van der Waals surface area (Å²) in [6.45, 7) is 1.43. The number of amides is 3. The van der Waals surface area contributed by atoms with E-state index >= 15 is 0 Å². The van der Waals surface area contributed by atoms with Crippen LogP contribution in [0.3, 0.4) is 0 Å². The molecule has 2 N–H and O–H groups in total. The fourth-order valence-electron chi connectivity index (χ4n) is 6.36. The van der Waals surface area contributed by atoms with Gasteiger partial charge in [0.2, 0.25) is 11.1 Å². The average molecular weight is 435 g/mol. The maximum atomic E-state index is 12.5. The molecule has 4 saturated carbocycles. The van der Waals surface area contributed by atoms with Crippen molar-refractivity contribution in [3.05, 3.63) is 0 Å². The second kappa shape index (κ2) is 8.45. The number of hydrogen-bond donors (Lipinski definition) is 2. The van der Waals surface area contributed by atoms with Gasteiger partial charge in [0.05, 0.1) is 12.6 Å². The van der Waals surface area contributed by atoms with Crippen molar-refractivity contribution in [1.29, 1.82) is 0 Å². The molecule has 1 saturated heterocycles. The maximum absolute atomic E-state index is 12.5. The molecule has 1 aromatic rings. The Kier molecular flexibility index (Phi) is 5.70. The van der Waals surface area contributed by atoms with E-state index in [1.54, 1.807) is 4.68 Å². The van der Waals surface area contributed by atoms with E-state index in [1.807, 2.05) is 0 Å². The van der Waals surface area contributed by atoms with Gasteiger partial charge in [-0.1, -0.05) is 11.8 Å². The molecule has 4 aliphatic carbocycles. The number of aromatic nitrogens is 4. The van der Waals surface area contributed by atoms with Gasteiger partial charge < -0.3 is 10.1 Å². The van der Waals surface area contributed by atoms with E-state index in [-0.39, 0.29) is 30.0 Å². The molecular formula is C20H30N6O3S. The van der Waals surface area contributed by atoms with Crippen molar-refractivity contribution in [3.63, 3.8) is 0 Å². The largest absolute Gasteiger partial charge is 0.376 e. The molecule has 164 valence electrons. The van der Waals surface area contributed by atoms with Gasteiger partial charge in [-0.25, -0.2) is 9.48 Å². The predicted octanol–water partition coefficient (Wildman–Crippen LogP) is 2.13. The Bertz CT molecular complexity index is 758. The summed E-state index contributed by atoms with van der Waals surface area (Å²) in [5.74, 6) is 2.52. The van der Waals surface area contributed by atoms with Gasteiger partial charge in [-0.05, 0) is 79.5 Å². The van der Waals surface area contributed by atoms with E-state index in [2.05, 4.69) is 26.2 Å². The van der Waals surface area contributed by atoms with Gasteiger partial charge in [0.15, 0.2) is 0 Å². The number of ether oxygens (including phenoxy) is 1. The third-order valence-electron chi connectivity index (χ3n) is 7.13. The van der Waals surface area contributed by atoms with Crippen molar-refractivity contribution >= 4 is 23.7 Å². The Morgan fingerprint density at radius 2 is 1.90 bits per heavy atom. The molecule has 10 heteroatoms. The molecule has 0 aromatic carbocycles. The van der Waals surface area contributed by atoms with Crippen molar-refractivity contribution in [2.45, 2.75) is 81.1 Å². The van der Waals surface area contributed by atoms with Crippen LogP contribution in [-0.2, 0) is 16.1 Å². The molecule has 4 bridgehead atoms. The van der Waals surface area contributed by atoms with Gasteiger partial charge in [0.25, 0.3) is 0 Å². The number of thioether (sulfide) groups is 1. The molecule has 5 fully saturated rings. The zero-order chi connectivity index (χ0) is 20.6. The second-order valence-electron chi connectivity index (χ2n) is 9.58. The molecule has 3 amide bonds. The molecule has 6 rings (SSSR count). The van der Waals surface area contributed by atoms with Gasteiger partial charge in [-0.15, -0.1) is 5.10 Å². The van der Waals surface area contributed by atoms with Crippen molar-refractivity contribution in [1.82, 2.24) is 30.8 Å². The van der Waals surface area contributed by atoms with Crippen LogP contribution in [0.2, 0.25) is 0 Å². The number of carbonyl (C=O) groups is 2. The lowest BCUT2D eigenvalue weighted by atomic mass is 9.53. The topological polar surface area (TPSA) is 111 Å². The molecule has 30 heavy (non-hydrogen) atoms. The van der Waals surface area contributed by atoms with Crippen LogP contribution in [0.15, 0.2) is 5.16 Å². The van der Waals surface area contributed by atoms with Crippen LogP contribution in [0.4, 0.5) is 4.79 Å². The van der Waals surface area contributed by atoms with Gasteiger partial charge in [0, 0.05) is 24.3 Å². The number of rotatable bonds is 7. The van der Waals surface area contributed by atoms with Gasteiger partial charge in [-0.3, -0.25) is 10.1 Å². The molecule has 1 atom stereocenters. The first-order valence-corrected chi connectivity index (χ1v) is 12.2. The first-order valence-electron chi connectivity index (χ1n) is 11.2. The minimum absolute atomic E-state index is 0.0851. The SMILES string of the molecule is O=C(CCSc1nnnn1C[C@H]1CCCO1)NC(=O)NC12CC3CC(CC(C3)C1)C2. The summed E-state index contributed by atoms with van der Waals surface area (Å²) < 4.78 is 7.37. The molecular weight excluding hydrogens is 404 g/mol. The number of carbonyl (C=O) groups excluding carboxylic acids is 2. The minimum atomic E-state index is -0.338. The zero-order valence-corrected chi connectivity index (χ0v) is 18.0. The summed E-state index contributed by atoms with van der Waals surface area (Å²) in [5, 5.41) is 18.2. The Morgan fingerprint density at radius 1 is 1.17 bits per heavy atom. The summed E-state index contributed by atoms with van der Waals surface area (Å²) in [5.41, 5.74) is -0.0851. The number of urea groups is 1. The van der Waals surface area contributed by atoms with Crippen LogP contribution in [0.5, 0.6) is 0 Å². The molecule has 2 heterocycles. The smallest absolute Gasteiger partial charge is 0.321 e. The number of tetrazole rings is 1. The van der Waals surface area contributed by atoms with Crippen molar-refractivity contribution in [2.75, 3.05) is 12.4 Å². The molecule has 0 unspecified atom stereocenters. The van der Waals surface area contributed by atoms with Crippen LogP contribution >= 0.6 is 11.8 Å². The van der Waals surface area contributed by atoms with Crippen LogP contribution in [-0.4, -0.2) is 56.1 Å². The summed E-state index contributed by atoms with van der Waals surface area (Å²) in [6, 6.07) is -0.338. The van der Waals surface area contributed by atoms with E-state index < -0.39 is 0 Å². The van der Waals surface area contributed by atoms with Crippen LogP contribution in [0.25, 0.3) is 0 Å². The van der Waals surface area contributed by atoms with Crippen molar-refractivity contribution in [3.8, 4) is 0 Å². The lowest BCUT2D eigenvalue weighted by Gasteiger charge is -2.56. The maximum Gasteiger partial charge on any atom is 0.321 e. The normalized spacial score (nSPS) is 34.3. The Balaban J connectivity index is 1.06. The van der Waals surface area contributed by atoms with Crippen LogP contribution in [0.1, 0.15) is 57.8 Å². The quantitative estimate of drug-likeness (QED) is 0.632. The molecule has 1 aromatic heterocycles. The standard InChI is InChI=1S/C20H30N6O3S/c27-17(3-5-30-19-23-24-25-26(19)12-16-2-1-4-29-16)21-18(28)22-20-9-13-6-14(10-20)8-15(7-13)11-20/h13-16H,1-12H2,(H2,21,22,27,28)/t13?,14?,15?,16-,20?/m1/s1. The lowest BCUT2D eigenvalue weighted by Crippen LogP contribution is -2.61. The fourth-order valence-corrected chi connectivity index (χ4v) is 7.18. The Labute approximate surface area is 180 Å². The number of nitrogens with zero attached hydrogens (tertiary/aromatic N) is 4. The number of hydrogen-bond acceptors (Lipinski definition) is 7. The highest BCUT2D eigenvalue weighted by Crippen LogP contribution is 2.55. The predicted molar refractivity (Wildman–Crippen MR) is 110 cm³/mol. The molecule has 0 spiro atoms. The monoisotopic (exact) mass is 434 g/mol. The van der Waals surface area contributed by atoms with Crippen LogP contribution < -0.4 is 10.6 Å². The van der Waals surface area contributed by atoms with Crippen molar-refractivity contribution < 1.29 is 14.3 Å². The molecule has 5 aliphatic rings. The zero-order valence-electron chi connectivity index (χ0n) is 17.2. The van der Waals surface area contributed by atoms with Crippen molar-refractivity contribution in [2.24, 2.45) is 17.8 Å². The highest BCUT2D eigenvalue weighted by atomic mass is 32.2. The molecule has 0 radical (unpaired) electrons. The molecule has 9 nitrogen and oxygen atoms in total. The average Bonchev–Trinajstić information content (AvgIpc) is 3.32. The summed E-state index contributed by atoms with van der Waals surface area (Å²) in [7, 11) is 0. The van der Waals surface area contributed by atoms with Gasteiger partial charge >= 0.3 is 6.03 Å². The van der Waals surface area contributed by atoms with E-state index in [9.17, 15) is 9.59 Å². The Morgan fingerprint density at radius 3 is 2.57 bits per heavy atom. The van der Waals surface area contributed by atoms with E-state index in [0.29, 0.717) is 17.5 Å². The number of imide groups is 1. The third kappa shape index (κ3) is 4.49. The van der Waals surface area contributed by atoms with E-state index in [0.717, 1.165) is 56.5 Å². The third-order valence-corrected chi connectivity index (χ3v) is 8.09. The lowest BCUT2D eigenvalue weighted by molar-refractivity contribution is -0.119. The summed E-state index contributed by atoms with van der Waals surface area (Å²) in [6.07, 6.45) is 9.68. The van der Waals surface area contributed by atoms with Gasteiger partial charge in [0.1, 0.15) is 0 Å². The highest BCUT2D eigenvalue weighted by Gasteiger charge is 2.51. The second-order valence-corrected chi connectivity index (χ2v) is 10.6. The highest BCUT2D eigenvalue weighted by molar-refractivity contribution is 7.99. The summed E-state index contributed by atoms with van der Waals surface area (Å²) >= 11 is 1.43. The van der Waals surface area contributed by atoms with E-state index in [4.69, 9.17) is 4.74 Å². The minimum Gasteiger partial charge on any atom is -0.376 e. The van der Waals surface area contributed by atoms with Crippen LogP contribution in [0, 0.1) is 17.8 Å². The first kappa shape index (κ1) is 20.2.